The summed E-state index contributed by atoms with van der Waals surface area (Å²) in [5.41, 5.74) is -0.0474. The van der Waals surface area contributed by atoms with E-state index in [0.717, 1.165) is 32.2 Å². The molecule has 0 saturated carbocycles. The molecule has 3 rings (SSSR count). The van der Waals surface area contributed by atoms with Gasteiger partial charge in [-0.1, -0.05) is 6.92 Å². The van der Waals surface area contributed by atoms with Crippen molar-refractivity contribution < 1.29 is 9.47 Å². The Balaban J connectivity index is 1.67. The Bertz CT molecular complexity index is 305. The number of ether oxygens (including phenoxy) is 2. The Kier molecular flexibility index (Phi) is 4.13. The van der Waals surface area contributed by atoms with E-state index in [1.807, 2.05) is 7.11 Å². The van der Waals surface area contributed by atoms with Crippen molar-refractivity contribution in [1.82, 2.24) is 9.80 Å². The van der Waals surface area contributed by atoms with E-state index in [0.29, 0.717) is 6.04 Å². The zero-order chi connectivity index (χ0) is 13.3. The lowest BCUT2D eigenvalue weighted by atomic mass is 9.98. The quantitative estimate of drug-likeness (QED) is 0.768. The first-order valence-electron chi connectivity index (χ1n) is 7.87. The van der Waals surface area contributed by atoms with Gasteiger partial charge in [0.1, 0.15) is 5.60 Å². The van der Waals surface area contributed by atoms with Crippen molar-refractivity contribution in [3.8, 4) is 0 Å². The van der Waals surface area contributed by atoms with Crippen LogP contribution in [0.1, 0.15) is 32.6 Å². The minimum Gasteiger partial charge on any atom is -0.378 e. The summed E-state index contributed by atoms with van der Waals surface area (Å²) in [6.45, 7) is 8.78. The largest absolute Gasteiger partial charge is 0.378 e. The van der Waals surface area contributed by atoms with Crippen LogP contribution in [0.2, 0.25) is 0 Å². The number of fused-ring (bicyclic) bond motifs is 1. The normalized spacial score (nSPS) is 40.7. The molecule has 110 valence electrons. The average molecular weight is 268 g/mol. The second kappa shape index (κ2) is 5.68. The predicted octanol–water partition coefficient (Wildman–Crippen LogP) is 1.35. The van der Waals surface area contributed by atoms with E-state index < -0.39 is 0 Å². The lowest BCUT2D eigenvalue weighted by Crippen LogP contribution is -2.59. The predicted molar refractivity (Wildman–Crippen MR) is 75.4 cm³/mol. The summed E-state index contributed by atoms with van der Waals surface area (Å²) in [6, 6.07) is 1.49. The van der Waals surface area contributed by atoms with Crippen molar-refractivity contribution in [3.63, 3.8) is 0 Å². The van der Waals surface area contributed by atoms with Crippen molar-refractivity contribution in [2.24, 2.45) is 0 Å². The van der Waals surface area contributed by atoms with Crippen molar-refractivity contribution in [2.45, 2.75) is 50.3 Å². The Morgan fingerprint density at radius 2 is 2.26 bits per heavy atom. The van der Waals surface area contributed by atoms with E-state index in [1.165, 1.54) is 38.9 Å². The number of hydrogen-bond acceptors (Lipinski definition) is 4. The minimum atomic E-state index is -0.0474. The van der Waals surface area contributed by atoms with Crippen LogP contribution in [0.15, 0.2) is 0 Å². The van der Waals surface area contributed by atoms with Crippen molar-refractivity contribution >= 4 is 0 Å². The van der Waals surface area contributed by atoms with E-state index in [9.17, 15) is 0 Å². The van der Waals surface area contributed by atoms with Crippen LogP contribution in [0.25, 0.3) is 0 Å². The maximum Gasteiger partial charge on any atom is 0.106 e. The Hall–Kier alpha value is -0.160. The molecule has 3 aliphatic heterocycles. The van der Waals surface area contributed by atoms with Crippen molar-refractivity contribution in [2.75, 3.05) is 46.5 Å². The molecule has 4 nitrogen and oxygen atoms in total. The number of nitrogens with zero attached hydrogens (tertiary/aromatic N) is 2. The van der Waals surface area contributed by atoms with Gasteiger partial charge < -0.3 is 9.47 Å². The maximum atomic E-state index is 5.83. The second-order valence-electron chi connectivity index (χ2n) is 6.47. The molecule has 0 N–H and O–H groups in total. The van der Waals surface area contributed by atoms with Crippen LogP contribution in [0.5, 0.6) is 0 Å². The Labute approximate surface area is 117 Å². The van der Waals surface area contributed by atoms with Crippen LogP contribution in [0, 0.1) is 0 Å². The van der Waals surface area contributed by atoms with Crippen LogP contribution in [0.3, 0.4) is 0 Å². The summed E-state index contributed by atoms with van der Waals surface area (Å²) in [5, 5.41) is 0. The van der Waals surface area contributed by atoms with Crippen molar-refractivity contribution in [3.05, 3.63) is 0 Å². The molecule has 0 aliphatic carbocycles. The number of rotatable bonds is 4. The van der Waals surface area contributed by atoms with Gasteiger partial charge in [-0.3, -0.25) is 9.80 Å². The van der Waals surface area contributed by atoms with Gasteiger partial charge in [0.05, 0.1) is 6.61 Å². The van der Waals surface area contributed by atoms with E-state index in [1.54, 1.807) is 0 Å². The van der Waals surface area contributed by atoms with Gasteiger partial charge in [-0.15, -0.1) is 0 Å². The molecule has 0 aromatic rings. The molecule has 3 unspecified atom stereocenters. The molecule has 0 bridgehead atoms. The lowest BCUT2D eigenvalue weighted by molar-refractivity contribution is -0.0659. The van der Waals surface area contributed by atoms with Gasteiger partial charge >= 0.3 is 0 Å². The monoisotopic (exact) mass is 268 g/mol. The molecule has 3 heterocycles. The first-order valence-corrected chi connectivity index (χ1v) is 7.87. The fraction of sp³-hybridized carbons (Fsp3) is 1.00. The van der Waals surface area contributed by atoms with E-state index >= 15 is 0 Å². The molecule has 0 spiro atoms. The van der Waals surface area contributed by atoms with Crippen molar-refractivity contribution in [1.29, 1.82) is 0 Å². The maximum absolute atomic E-state index is 5.83. The fourth-order valence-electron chi connectivity index (χ4n) is 4.04. The zero-order valence-electron chi connectivity index (χ0n) is 12.4. The van der Waals surface area contributed by atoms with Gasteiger partial charge in [0, 0.05) is 51.9 Å². The first kappa shape index (κ1) is 13.8. The number of piperazine rings is 1. The summed E-state index contributed by atoms with van der Waals surface area (Å²) in [5.74, 6) is 0. The fourth-order valence-corrected chi connectivity index (χ4v) is 4.04. The highest BCUT2D eigenvalue weighted by Gasteiger charge is 2.42. The third kappa shape index (κ3) is 2.68. The Morgan fingerprint density at radius 1 is 1.37 bits per heavy atom. The number of hydrogen-bond donors (Lipinski definition) is 0. The molecule has 19 heavy (non-hydrogen) atoms. The van der Waals surface area contributed by atoms with Gasteiger partial charge in [-0.25, -0.2) is 0 Å². The molecule has 3 atom stereocenters. The highest BCUT2D eigenvalue weighted by molar-refractivity contribution is 4.96. The van der Waals surface area contributed by atoms with Gasteiger partial charge in [0.15, 0.2) is 0 Å². The summed E-state index contributed by atoms with van der Waals surface area (Å²) < 4.78 is 11.4. The van der Waals surface area contributed by atoms with Gasteiger partial charge in [-0.2, -0.15) is 0 Å². The summed E-state index contributed by atoms with van der Waals surface area (Å²) in [4.78, 5) is 5.39. The SMILES string of the molecule is CCC1CN2CCCC2CN1CC1(OC)CCOC1. The van der Waals surface area contributed by atoms with E-state index in [-0.39, 0.29) is 5.60 Å². The molecular weight excluding hydrogens is 240 g/mol. The lowest BCUT2D eigenvalue weighted by Gasteiger charge is -2.46. The van der Waals surface area contributed by atoms with Gasteiger partial charge in [0.25, 0.3) is 0 Å². The summed E-state index contributed by atoms with van der Waals surface area (Å²) in [7, 11) is 1.85. The second-order valence-corrected chi connectivity index (χ2v) is 6.47. The van der Waals surface area contributed by atoms with E-state index in [4.69, 9.17) is 9.47 Å². The molecule has 3 saturated heterocycles. The van der Waals surface area contributed by atoms with Crippen LogP contribution in [0.4, 0.5) is 0 Å². The first-order chi connectivity index (χ1) is 9.26. The minimum absolute atomic E-state index is 0.0474. The summed E-state index contributed by atoms with van der Waals surface area (Å²) in [6.07, 6.45) is 5.05. The molecule has 0 aromatic heterocycles. The van der Waals surface area contributed by atoms with Crippen LogP contribution < -0.4 is 0 Å². The van der Waals surface area contributed by atoms with Crippen LogP contribution in [-0.2, 0) is 9.47 Å². The van der Waals surface area contributed by atoms with Crippen LogP contribution >= 0.6 is 0 Å². The molecule has 3 aliphatic rings. The average Bonchev–Trinajstić information content (AvgIpc) is 3.07. The molecular formula is C15H28N2O2. The smallest absolute Gasteiger partial charge is 0.106 e. The Morgan fingerprint density at radius 3 is 2.95 bits per heavy atom. The molecule has 3 fully saturated rings. The van der Waals surface area contributed by atoms with E-state index in [2.05, 4.69) is 16.7 Å². The highest BCUT2D eigenvalue weighted by Crippen LogP contribution is 2.30. The highest BCUT2D eigenvalue weighted by atomic mass is 16.5. The molecule has 0 radical (unpaired) electrons. The van der Waals surface area contributed by atoms with Crippen LogP contribution in [-0.4, -0.2) is 74.0 Å². The summed E-state index contributed by atoms with van der Waals surface area (Å²) >= 11 is 0. The topological polar surface area (TPSA) is 24.9 Å². The molecule has 4 heteroatoms. The zero-order valence-corrected chi connectivity index (χ0v) is 12.4. The third-order valence-corrected chi connectivity index (χ3v) is 5.37. The van der Waals surface area contributed by atoms with Gasteiger partial charge in [0.2, 0.25) is 0 Å². The standard InChI is InChI=1S/C15H28N2O2/c1-3-13-9-16-7-4-5-14(16)10-17(13)11-15(18-2)6-8-19-12-15/h13-14H,3-12H2,1-2H3. The third-order valence-electron chi connectivity index (χ3n) is 5.37. The molecule has 0 aromatic carbocycles. The number of methoxy groups -OCH3 is 1. The molecule has 0 amide bonds. The van der Waals surface area contributed by atoms with Gasteiger partial charge in [-0.05, 0) is 25.8 Å².